The quantitative estimate of drug-likeness (QED) is 0.835. The Hall–Kier alpha value is -2.82. The Morgan fingerprint density at radius 1 is 1.00 bits per heavy atom. The molecule has 1 atom stereocenters. The van der Waals surface area contributed by atoms with E-state index in [2.05, 4.69) is 0 Å². The lowest BCUT2D eigenvalue weighted by atomic mass is 9.73. The second-order valence-electron chi connectivity index (χ2n) is 8.22. The van der Waals surface area contributed by atoms with Gasteiger partial charge in [-0.1, -0.05) is 60.7 Å². The Labute approximate surface area is 165 Å². The molecule has 1 saturated heterocycles. The van der Waals surface area contributed by atoms with E-state index in [4.69, 9.17) is 4.74 Å². The molecule has 0 radical (unpaired) electrons. The van der Waals surface area contributed by atoms with Crippen LogP contribution >= 0.6 is 0 Å². The maximum atomic E-state index is 13.0. The van der Waals surface area contributed by atoms with Crippen LogP contribution in [-0.2, 0) is 9.53 Å². The maximum absolute atomic E-state index is 13.0. The molecule has 3 rings (SSSR count). The first-order valence-electron chi connectivity index (χ1n) is 9.59. The van der Waals surface area contributed by atoms with E-state index >= 15 is 0 Å². The maximum Gasteiger partial charge on any atom is 0.411 e. The van der Waals surface area contributed by atoms with Gasteiger partial charge in [0.25, 0.3) is 0 Å². The lowest BCUT2D eigenvalue weighted by Crippen LogP contribution is -2.58. The number of amides is 1. The summed E-state index contributed by atoms with van der Waals surface area (Å²) in [4.78, 5) is 27.2. The molecule has 1 aliphatic rings. The molecule has 0 aliphatic carbocycles. The summed E-state index contributed by atoms with van der Waals surface area (Å²) >= 11 is 0. The molecule has 1 heterocycles. The third kappa shape index (κ3) is 3.75. The number of nitrogens with zero attached hydrogens (tertiary/aromatic N) is 1. The molecule has 148 valence electrons. The summed E-state index contributed by atoms with van der Waals surface area (Å²) in [6.07, 6.45) is 0.404. The molecule has 0 saturated carbocycles. The van der Waals surface area contributed by atoms with Crippen LogP contribution in [-0.4, -0.2) is 39.8 Å². The van der Waals surface area contributed by atoms with E-state index in [0.717, 1.165) is 11.1 Å². The minimum Gasteiger partial charge on any atom is -0.479 e. The van der Waals surface area contributed by atoms with Crippen LogP contribution in [0.4, 0.5) is 4.79 Å². The van der Waals surface area contributed by atoms with Gasteiger partial charge < -0.3 is 9.84 Å². The summed E-state index contributed by atoms with van der Waals surface area (Å²) in [5.41, 5.74) is -0.359. The number of benzene rings is 2. The molecule has 1 aliphatic heterocycles. The summed E-state index contributed by atoms with van der Waals surface area (Å²) in [5.74, 6) is -1.50. The van der Waals surface area contributed by atoms with Gasteiger partial charge in [0.05, 0.1) is 0 Å². The fourth-order valence-electron chi connectivity index (χ4n) is 4.09. The molecule has 1 fully saturated rings. The van der Waals surface area contributed by atoms with Crippen LogP contribution in [0.3, 0.4) is 0 Å². The van der Waals surface area contributed by atoms with E-state index in [-0.39, 0.29) is 0 Å². The van der Waals surface area contributed by atoms with Gasteiger partial charge in [0.1, 0.15) is 5.60 Å². The second kappa shape index (κ2) is 7.66. The summed E-state index contributed by atoms with van der Waals surface area (Å²) in [5, 5.41) is 10.4. The average Bonchev–Trinajstić information content (AvgIpc) is 3.08. The highest BCUT2D eigenvalue weighted by Gasteiger charge is 2.57. The van der Waals surface area contributed by atoms with E-state index in [9.17, 15) is 14.7 Å². The number of hydrogen-bond acceptors (Lipinski definition) is 3. The Balaban J connectivity index is 2.16. The Kier molecular flexibility index (Phi) is 5.45. The van der Waals surface area contributed by atoms with Crippen molar-refractivity contribution in [1.29, 1.82) is 0 Å². The lowest BCUT2D eigenvalue weighted by Gasteiger charge is -2.41. The molecule has 5 nitrogen and oxygen atoms in total. The Bertz CT molecular complexity index is 789. The van der Waals surface area contributed by atoms with Crippen molar-refractivity contribution in [2.24, 2.45) is 0 Å². The van der Waals surface area contributed by atoms with Crippen molar-refractivity contribution in [3.05, 3.63) is 71.8 Å². The van der Waals surface area contributed by atoms with Crippen molar-refractivity contribution in [3.8, 4) is 0 Å². The number of hydrogen-bond donors (Lipinski definition) is 1. The van der Waals surface area contributed by atoms with Gasteiger partial charge in [-0.15, -0.1) is 0 Å². The van der Waals surface area contributed by atoms with E-state index in [0.29, 0.717) is 19.4 Å². The van der Waals surface area contributed by atoms with Gasteiger partial charge in [0.2, 0.25) is 0 Å². The zero-order chi connectivity index (χ0) is 20.4. The van der Waals surface area contributed by atoms with Gasteiger partial charge in [-0.2, -0.15) is 0 Å². The molecule has 0 bridgehead atoms. The number of rotatable bonds is 4. The second-order valence-corrected chi connectivity index (χ2v) is 8.22. The summed E-state index contributed by atoms with van der Waals surface area (Å²) in [6, 6.07) is 19.1. The standard InChI is InChI=1S/C23H27NO4/c1-22(2,3)28-21(27)24-16-10-15-23(24,20(25)26)19(17-11-6-4-7-12-17)18-13-8-5-9-14-18/h4-9,11-14,19H,10,15-16H2,1-3H3,(H,25,26). The molecule has 2 aromatic rings. The Morgan fingerprint density at radius 3 is 1.93 bits per heavy atom. The summed E-state index contributed by atoms with van der Waals surface area (Å²) < 4.78 is 5.57. The molecule has 1 N–H and O–H groups in total. The molecule has 2 aromatic carbocycles. The molecule has 1 unspecified atom stereocenters. The molecule has 1 amide bonds. The van der Waals surface area contributed by atoms with Gasteiger partial charge in [-0.3, -0.25) is 4.90 Å². The van der Waals surface area contributed by atoms with Crippen LogP contribution in [0.15, 0.2) is 60.7 Å². The number of ether oxygens (including phenoxy) is 1. The van der Waals surface area contributed by atoms with E-state index in [1.54, 1.807) is 20.8 Å². The van der Waals surface area contributed by atoms with Crippen molar-refractivity contribution >= 4 is 12.1 Å². The van der Waals surface area contributed by atoms with E-state index < -0.39 is 29.1 Å². The topological polar surface area (TPSA) is 66.8 Å². The predicted octanol–water partition coefficient (Wildman–Crippen LogP) is 4.67. The van der Waals surface area contributed by atoms with Crippen LogP contribution < -0.4 is 0 Å². The monoisotopic (exact) mass is 381 g/mol. The van der Waals surface area contributed by atoms with Crippen LogP contribution in [0.5, 0.6) is 0 Å². The third-order valence-corrected chi connectivity index (χ3v) is 5.15. The van der Waals surface area contributed by atoms with E-state index in [1.165, 1.54) is 4.90 Å². The largest absolute Gasteiger partial charge is 0.479 e. The lowest BCUT2D eigenvalue weighted by molar-refractivity contribution is -0.150. The fraction of sp³-hybridized carbons (Fsp3) is 0.391. The van der Waals surface area contributed by atoms with Crippen molar-refractivity contribution in [1.82, 2.24) is 4.90 Å². The van der Waals surface area contributed by atoms with Gasteiger partial charge in [-0.05, 0) is 44.7 Å². The molecular formula is C23H27NO4. The Morgan fingerprint density at radius 2 is 1.50 bits per heavy atom. The fourth-order valence-corrected chi connectivity index (χ4v) is 4.09. The minimum atomic E-state index is -1.40. The van der Waals surface area contributed by atoms with Gasteiger partial charge in [0.15, 0.2) is 5.54 Å². The number of carboxylic acids is 1. The molecule has 28 heavy (non-hydrogen) atoms. The van der Waals surface area contributed by atoms with Crippen LogP contribution in [0.1, 0.15) is 50.7 Å². The minimum absolute atomic E-state index is 0.359. The first-order chi connectivity index (χ1) is 13.3. The highest BCUT2D eigenvalue weighted by Crippen LogP contribution is 2.46. The smallest absolute Gasteiger partial charge is 0.411 e. The van der Waals surface area contributed by atoms with Gasteiger partial charge in [-0.25, -0.2) is 9.59 Å². The number of likely N-dealkylation sites (tertiary alicyclic amines) is 1. The van der Waals surface area contributed by atoms with Crippen molar-refractivity contribution in [2.75, 3.05) is 6.54 Å². The number of carboxylic acid groups (broad SMARTS) is 1. The van der Waals surface area contributed by atoms with Crippen molar-refractivity contribution < 1.29 is 19.4 Å². The van der Waals surface area contributed by atoms with Crippen LogP contribution in [0.2, 0.25) is 0 Å². The summed E-state index contributed by atoms with van der Waals surface area (Å²) in [7, 11) is 0. The highest BCUT2D eigenvalue weighted by atomic mass is 16.6. The normalized spacial score (nSPS) is 19.6. The molecular weight excluding hydrogens is 354 g/mol. The SMILES string of the molecule is CC(C)(C)OC(=O)N1CCCC1(C(=O)O)C(c1ccccc1)c1ccccc1. The first-order valence-corrected chi connectivity index (χ1v) is 9.59. The number of carbonyl (C=O) groups is 2. The zero-order valence-corrected chi connectivity index (χ0v) is 16.6. The number of aliphatic carboxylic acids is 1. The number of carbonyl (C=O) groups excluding carboxylic acids is 1. The molecule has 0 spiro atoms. The van der Waals surface area contributed by atoms with Gasteiger partial charge in [0, 0.05) is 12.5 Å². The van der Waals surface area contributed by atoms with Crippen molar-refractivity contribution in [3.63, 3.8) is 0 Å². The van der Waals surface area contributed by atoms with Crippen LogP contribution in [0.25, 0.3) is 0 Å². The summed E-state index contributed by atoms with van der Waals surface area (Å²) in [6.45, 7) is 5.72. The van der Waals surface area contributed by atoms with Gasteiger partial charge >= 0.3 is 12.1 Å². The van der Waals surface area contributed by atoms with Crippen molar-refractivity contribution in [2.45, 2.75) is 50.7 Å². The average molecular weight is 381 g/mol. The predicted molar refractivity (Wildman–Crippen MR) is 107 cm³/mol. The van der Waals surface area contributed by atoms with Crippen LogP contribution in [0, 0.1) is 0 Å². The molecule has 5 heteroatoms. The highest BCUT2D eigenvalue weighted by molar-refractivity contribution is 5.87. The molecule has 0 aromatic heterocycles. The zero-order valence-electron chi connectivity index (χ0n) is 16.6. The van der Waals surface area contributed by atoms with E-state index in [1.807, 2.05) is 60.7 Å². The first kappa shape index (κ1) is 19.9. The third-order valence-electron chi connectivity index (χ3n) is 5.15.